The van der Waals surface area contributed by atoms with E-state index in [2.05, 4.69) is 4.98 Å². The van der Waals surface area contributed by atoms with E-state index in [1.807, 2.05) is 0 Å². The van der Waals surface area contributed by atoms with E-state index in [-0.39, 0.29) is 11.3 Å². The number of H-pyrrole nitrogens is 1. The van der Waals surface area contributed by atoms with Gasteiger partial charge in [-0.2, -0.15) is 0 Å². The summed E-state index contributed by atoms with van der Waals surface area (Å²) in [6.45, 7) is 1.49. The van der Waals surface area contributed by atoms with Crippen molar-refractivity contribution >= 4 is 17.5 Å². The Balaban J connectivity index is 2.21. The lowest BCUT2D eigenvalue weighted by atomic mass is 10.00. The summed E-state index contributed by atoms with van der Waals surface area (Å²) in [6.07, 6.45) is 4.20. The van der Waals surface area contributed by atoms with Gasteiger partial charge in [-0.05, 0) is 24.5 Å². The van der Waals surface area contributed by atoms with Crippen LogP contribution in [0.4, 0.5) is 0 Å². The number of allylic oxidation sites excluding steroid dienone is 1. The maximum absolute atomic E-state index is 12.0. The van der Waals surface area contributed by atoms with Crippen molar-refractivity contribution in [3.63, 3.8) is 0 Å². The number of carbonyl (C=O) groups is 3. The van der Waals surface area contributed by atoms with Crippen LogP contribution in [0.25, 0.3) is 0 Å². The molecule has 0 unspecified atom stereocenters. The molecule has 0 atom stereocenters. The molecular formula is C17H15NO5. The first-order valence-corrected chi connectivity index (χ1v) is 6.82. The fourth-order valence-electron chi connectivity index (χ4n) is 2.11. The van der Waals surface area contributed by atoms with Crippen LogP contribution in [0.5, 0.6) is 0 Å². The van der Waals surface area contributed by atoms with Crippen LogP contribution in [0.15, 0.2) is 48.5 Å². The Hall–Kier alpha value is -3.15. The van der Waals surface area contributed by atoms with Gasteiger partial charge in [0, 0.05) is 29.6 Å². The fourth-order valence-corrected chi connectivity index (χ4v) is 2.11. The summed E-state index contributed by atoms with van der Waals surface area (Å²) in [7, 11) is 0. The number of ketones is 2. The van der Waals surface area contributed by atoms with Crippen molar-refractivity contribution in [1.29, 1.82) is 0 Å². The molecule has 2 rings (SSSR count). The molecule has 0 fully saturated rings. The molecule has 6 nitrogen and oxygen atoms in total. The zero-order chi connectivity index (χ0) is 17.0. The third-order valence-corrected chi connectivity index (χ3v) is 3.34. The zero-order valence-corrected chi connectivity index (χ0v) is 12.4. The number of aliphatic carboxylic acids is 1. The summed E-state index contributed by atoms with van der Waals surface area (Å²) in [4.78, 5) is 36.6. The monoisotopic (exact) mass is 313 g/mol. The zero-order valence-electron chi connectivity index (χ0n) is 12.4. The molecule has 3 N–H and O–H groups in total. The number of aromatic nitrogens is 1. The molecule has 2 aromatic rings. The molecule has 1 heterocycles. The number of rotatable bonds is 6. The van der Waals surface area contributed by atoms with Crippen LogP contribution in [0, 0.1) is 0 Å². The first kappa shape index (κ1) is 16.2. The molecule has 0 saturated heterocycles. The minimum atomic E-state index is -1.56. The second-order valence-electron chi connectivity index (χ2n) is 5.02. The van der Waals surface area contributed by atoms with Gasteiger partial charge in [-0.3, -0.25) is 9.59 Å². The van der Waals surface area contributed by atoms with Crippen LogP contribution in [-0.4, -0.2) is 32.7 Å². The molecule has 0 aliphatic carbocycles. The first-order chi connectivity index (χ1) is 10.9. The Labute approximate surface area is 132 Å². The Morgan fingerprint density at radius 1 is 1.09 bits per heavy atom. The number of benzene rings is 1. The third-order valence-electron chi connectivity index (χ3n) is 3.34. The Kier molecular flexibility index (Phi) is 4.75. The minimum absolute atomic E-state index is 0.0247. The molecule has 0 spiro atoms. The van der Waals surface area contributed by atoms with Crippen LogP contribution in [0.1, 0.15) is 38.8 Å². The van der Waals surface area contributed by atoms with Crippen molar-refractivity contribution in [3.05, 3.63) is 70.7 Å². The number of aliphatic hydroxyl groups excluding tert-OH is 1. The van der Waals surface area contributed by atoms with Gasteiger partial charge >= 0.3 is 5.97 Å². The number of carboxylic acids is 1. The predicted molar refractivity (Wildman–Crippen MR) is 82.7 cm³/mol. The average Bonchev–Trinajstić information content (AvgIpc) is 2.95. The number of hydrogen-bond donors (Lipinski definition) is 3. The molecule has 1 aromatic carbocycles. The highest BCUT2D eigenvalue weighted by Gasteiger charge is 2.14. The second-order valence-corrected chi connectivity index (χ2v) is 5.02. The average molecular weight is 313 g/mol. The highest BCUT2D eigenvalue weighted by molar-refractivity contribution is 6.08. The van der Waals surface area contributed by atoms with E-state index in [4.69, 9.17) is 10.2 Å². The third kappa shape index (κ3) is 3.94. The van der Waals surface area contributed by atoms with Crippen molar-refractivity contribution in [3.8, 4) is 0 Å². The number of aromatic amines is 1. The maximum atomic E-state index is 12.0. The molecule has 23 heavy (non-hydrogen) atoms. The summed E-state index contributed by atoms with van der Waals surface area (Å²) in [5.41, 5.74) is 2.46. The molecule has 6 heteroatoms. The largest absolute Gasteiger partial charge is 0.502 e. The molecule has 0 aliphatic rings. The van der Waals surface area contributed by atoms with Crippen LogP contribution in [0.3, 0.4) is 0 Å². The first-order valence-electron chi connectivity index (χ1n) is 6.82. The predicted octanol–water partition coefficient (Wildman–Crippen LogP) is 2.52. The Bertz CT molecular complexity index is 784. The SMILES string of the molecule is CC(=O)c1ccc(Cc2c[nH]cc2C(=O)/C=C(\O)C(=O)O)cc1. The molecule has 1 aromatic heterocycles. The lowest BCUT2D eigenvalue weighted by Gasteiger charge is -2.03. The number of hydrogen-bond acceptors (Lipinski definition) is 4. The molecule has 0 aliphatic heterocycles. The number of aliphatic hydroxyl groups is 1. The highest BCUT2D eigenvalue weighted by atomic mass is 16.4. The van der Waals surface area contributed by atoms with E-state index < -0.39 is 17.5 Å². The molecule has 0 bridgehead atoms. The Morgan fingerprint density at radius 2 is 1.74 bits per heavy atom. The lowest BCUT2D eigenvalue weighted by Crippen LogP contribution is -2.05. The second kappa shape index (κ2) is 6.74. The Morgan fingerprint density at radius 3 is 2.30 bits per heavy atom. The summed E-state index contributed by atoms with van der Waals surface area (Å²) >= 11 is 0. The summed E-state index contributed by atoms with van der Waals surface area (Å²) in [6, 6.07) is 7.01. The van der Waals surface area contributed by atoms with E-state index in [0.29, 0.717) is 23.6 Å². The van der Waals surface area contributed by atoms with Crippen molar-refractivity contribution in [2.75, 3.05) is 0 Å². The standard InChI is InChI=1S/C17H15NO5/c1-10(19)12-4-2-11(3-5-12)6-13-8-18-9-14(13)15(20)7-16(21)17(22)23/h2-5,7-9,18,21H,6H2,1H3,(H,22,23)/b16-7-. The van der Waals surface area contributed by atoms with Gasteiger partial charge in [0.1, 0.15) is 0 Å². The summed E-state index contributed by atoms with van der Waals surface area (Å²) in [5.74, 6) is -3.19. The fraction of sp³-hybridized carbons (Fsp3) is 0.118. The van der Waals surface area contributed by atoms with Gasteiger partial charge in [-0.1, -0.05) is 24.3 Å². The summed E-state index contributed by atoms with van der Waals surface area (Å²) < 4.78 is 0. The lowest BCUT2D eigenvalue weighted by molar-refractivity contribution is -0.135. The molecule has 118 valence electrons. The van der Waals surface area contributed by atoms with Crippen molar-refractivity contribution in [2.24, 2.45) is 0 Å². The quantitative estimate of drug-likeness (QED) is 0.431. The minimum Gasteiger partial charge on any atom is -0.502 e. The number of carboxylic acid groups (broad SMARTS) is 1. The van der Waals surface area contributed by atoms with Gasteiger partial charge in [-0.25, -0.2) is 4.79 Å². The molecular weight excluding hydrogens is 298 g/mol. The number of nitrogens with one attached hydrogen (secondary N) is 1. The highest BCUT2D eigenvalue weighted by Crippen LogP contribution is 2.16. The molecule has 0 amide bonds. The van der Waals surface area contributed by atoms with Gasteiger partial charge in [-0.15, -0.1) is 0 Å². The molecule has 0 radical (unpaired) electrons. The van der Waals surface area contributed by atoms with Crippen LogP contribution < -0.4 is 0 Å². The van der Waals surface area contributed by atoms with E-state index in [1.54, 1.807) is 30.5 Å². The normalized spacial score (nSPS) is 11.3. The smallest absolute Gasteiger partial charge is 0.371 e. The van der Waals surface area contributed by atoms with Crippen molar-refractivity contribution in [2.45, 2.75) is 13.3 Å². The van der Waals surface area contributed by atoms with E-state index >= 15 is 0 Å². The van der Waals surface area contributed by atoms with Gasteiger partial charge in [0.15, 0.2) is 11.6 Å². The maximum Gasteiger partial charge on any atom is 0.371 e. The number of Topliss-reactive ketones (excluding diaryl/α,β-unsaturated/α-hetero) is 1. The van der Waals surface area contributed by atoms with Crippen molar-refractivity contribution in [1.82, 2.24) is 4.98 Å². The van der Waals surface area contributed by atoms with Gasteiger partial charge in [0.25, 0.3) is 0 Å². The van der Waals surface area contributed by atoms with E-state index in [1.165, 1.54) is 13.1 Å². The number of carbonyl (C=O) groups excluding carboxylic acids is 2. The van der Waals surface area contributed by atoms with Gasteiger partial charge in [0.05, 0.1) is 0 Å². The van der Waals surface area contributed by atoms with E-state index in [0.717, 1.165) is 5.56 Å². The topological polar surface area (TPSA) is 107 Å². The summed E-state index contributed by atoms with van der Waals surface area (Å²) in [5, 5.41) is 17.8. The van der Waals surface area contributed by atoms with Crippen LogP contribution in [0.2, 0.25) is 0 Å². The van der Waals surface area contributed by atoms with Crippen LogP contribution in [-0.2, 0) is 11.2 Å². The van der Waals surface area contributed by atoms with Gasteiger partial charge < -0.3 is 15.2 Å². The van der Waals surface area contributed by atoms with Gasteiger partial charge in [0.2, 0.25) is 5.76 Å². The van der Waals surface area contributed by atoms with Crippen molar-refractivity contribution < 1.29 is 24.6 Å². The molecule has 0 saturated carbocycles. The van der Waals surface area contributed by atoms with E-state index in [9.17, 15) is 14.4 Å². The van der Waals surface area contributed by atoms with Crippen LogP contribution >= 0.6 is 0 Å².